The van der Waals surface area contributed by atoms with Crippen molar-refractivity contribution in [2.45, 2.75) is 25.2 Å². The molecule has 2 unspecified atom stereocenters. The van der Waals surface area contributed by atoms with Crippen molar-refractivity contribution in [3.8, 4) is 11.5 Å². The quantitative estimate of drug-likeness (QED) is 0.850. The van der Waals surface area contributed by atoms with Crippen LogP contribution < -0.4 is 0 Å². The van der Waals surface area contributed by atoms with E-state index in [-0.39, 0.29) is 23.3 Å². The third-order valence-electron chi connectivity index (χ3n) is 3.73. The fourth-order valence-electron chi connectivity index (χ4n) is 2.62. The van der Waals surface area contributed by atoms with Gasteiger partial charge in [0.1, 0.15) is 11.5 Å². The Kier molecular flexibility index (Phi) is 4.61. The van der Waals surface area contributed by atoms with Gasteiger partial charge in [-0.25, -0.2) is 0 Å². The maximum Gasteiger partial charge on any atom is 0.115 e. The van der Waals surface area contributed by atoms with Gasteiger partial charge in [0, 0.05) is 5.92 Å². The molecule has 0 aliphatic rings. The lowest BCUT2D eigenvalue weighted by Gasteiger charge is -2.25. The van der Waals surface area contributed by atoms with E-state index in [0.29, 0.717) is 0 Å². The van der Waals surface area contributed by atoms with E-state index >= 15 is 0 Å². The average Bonchev–Trinajstić information content (AvgIpc) is 2.47. The van der Waals surface area contributed by atoms with E-state index in [1.54, 1.807) is 36.4 Å². The van der Waals surface area contributed by atoms with Crippen molar-refractivity contribution >= 4 is 0 Å². The normalized spacial score (nSPS) is 13.9. The molecule has 0 radical (unpaired) electrons. The number of phenolic OH excluding ortho intramolecular Hbond substituents is 2. The van der Waals surface area contributed by atoms with E-state index in [1.807, 2.05) is 19.1 Å². The van der Waals surface area contributed by atoms with Gasteiger partial charge < -0.3 is 10.2 Å². The summed E-state index contributed by atoms with van der Waals surface area (Å²) in [6.45, 7) is 1.57. The minimum absolute atomic E-state index is 0.0464. The van der Waals surface area contributed by atoms with Gasteiger partial charge in [0.25, 0.3) is 0 Å². The Morgan fingerprint density at radius 2 is 1.20 bits per heavy atom. The first-order valence-corrected chi connectivity index (χ1v) is 6.79. The third kappa shape index (κ3) is 3.10. The standard InChI is InChI=1S/C17H19FO2/c1-2-16(12-3-7-14(19)8-4-12)17(11-18)13-5-9-15(20)10-6-13/h3-10,16-17,19-20H,2,11H2,1H3/i18-1. The first-order chi connectivity index (χ1) is 9.65. The summed E-state index contributed by atoms with van der Waals surface area (Å²) in [5.74, 6) is 0.198. The average molecular weight is 273 g/mol. The van der Waals surface area contributed by atoms with Crippen LogP contribution in [0.4, 0.5) is 4.39 Å². The summed E-state index contributed by atoms with van der Waals surface area (Å²) in [4.78, 5) is 0. The molecule has 106 valence electrons. The molecule has 0 saturated carbocycles. The molecule has 0 spiro atoms. The molecule has 20 heavy (non-hydrogen) atoms. The maximum atomic E-state index is 13.5. The van der Waals surface area contributed by atoms with Crippen molar-refractivity contribution in [1.29, 1.82) is 0 Å². The van der Waals surface area contributed by atoms with E-state index in [0.717, 1.165) is 17.5 Å². The van der Waals surface area contributed by atoms with Gasteiger partial charge in [0.05, 0.1) is 6.67 Å². The molecule has 2 atom stereocenters. The minimum atomic E-state index is -0.454. The summed E-state index contributed by atoms with van der Waals surface area (Å²) >= 11 is 0. The van der Waals surface area contributed by atoms with Gasteiger partial charge in [0.15, 0.2) is 0 Å². The van der Waals surface area contributed by atoms with Crippen LogP contribution in [-0.4, -0.2) is 16.9 Å². The van der Waals surface area contributed by atoms with Crippen molar-refractivity contribution in [3.05, 3.63) is 59.7 Å². The number of rotatable bonds is 5. The molecule has 0 aromatic heterocycles. The van der Waals surface area contributed by atoms with E-state index in [9.17, 15) is 14.6 Å². The first-order valence-electron chi connectivity index (χ1n) is 6.79. The Hall–Kier alpha value is -2.03. The minimum Gasteiger partial charge on any atom is -0.508 e. The SMILES string of the molecule is CCC(c1ccc(O)cc1)C(C[18F])c1ccc(O)cc1. The second kappa shape index (κ2) is 6.42. The summed E-state index contributed by atoms with van der Waals surface area (Å²) in [5, 5.41) is 18.7. The lowest BCUT2D eigenvalue weighted by molar-refractivity contribution is 0.380. The van der Waals surface area contributed by atoms with Gasteiger partial charge in [-0.05, 0) is 47.7 Å². The lowest BCUT2D eigenvalue weighted by Crippen LogP contribution is -2.12. The molecule has 2 nitrogen and oxygen atoms in total. The first kappa shape index (κ1) is 14.4. The van der Waals surface area contributed by atoms with E-state index in [2.05, 4.69) is 0 Å². The number of hydrogen-bond donors (Lipinski definition) is 2. The zero-order chi connectivity index (χ0) is 14.5. The van der Waals surface area contributed by atoms with Crippen LogP contribution in [0.5, 0.6) is 11.5 Å². The van der Waals surface area contributed by atoms with Gasteiger partial charge in [0.2, 0.25) is 0 Å². The molecule has 2 rings (SSSR count). The molecule has 2 aromatic carbocycles. The van der Waals surface area contributed by atoms with Crippen LogP contribution in [0, 0.1) is 0 Å². The monoisotopic (exact) mass is 273 g/mol. The smallest absolute Gasteiger partial charge is 0.115 e. The summed E-state index contributed by atoms with van der Waals surface area (Å²) in [6.07, 6.45) is 0.806. The van der Waals surface area contributed by atoms with Crippen molar-refractivity contribution in [1.82, 2.24) is 0 Å². The van der Waals surface area contributed by atoms with Crippen LogP contribution in [0.1, 0.15) is 36.3 Å². The second-order valence-corrected chi connectivity index (χ2v) is 4.96. The second-order valence-electron chi connectivity index (χ2n) is 4.96. The number of benzene rings is 2. The fourth-order valence-corrected chi connectivity index (χ4v) is 2.62. The fraction of sp³-hybridized carbons (Fsp3) is 0.294. The summed E-state index contributed by atoms with van der Waals surface area (Å²) in [7, 11) is 0. The van der Waals surface area contributed by atoms with Crippen LogP contribution in [0.3, 0.4) is 0 Å². The van der Waals surface area contributed by atoms with E-state index in [1.165, 1.54) is 0 Å². The van der Waals surface area contributed by atoms with Crippen LogP contribution in [0.25, 0.3) is 0 Å². The Morgan fingerprint density at radius 3 is 1.55 bits per heavy atom. The largest absolute Gasteiger partial charge is 0.508 e. The zero-order valence-corrected chi connectivity index (χ0v) is 11.5. The molecule has 0 heterocycles. The summed E-state index contributed by atoms with van der Waals surface area (Å²) in [5.41, 5.74) is 1.89. The van der Waals surface area contributed by atoms with Crippen LogP contribution >= 0.6 is 0 Å². The van der Waals surface area contributed by atoms with E-state index < -0.39 is 6.67 Å². The Bertz CT molecular complexity index is 482. The van der Waals surface area contributed by atoms with Crippen molar-refractivity contribution in [2.24, 2.45) is 0 Å². The predicted octanol–water partition coefficient (Wildman–Crippen LogP) is 4.34. The van der Waals surface area contributed by atoms with Crippen molar-refractivity contribution < 1.29 is 14.6 Å². The molecule has 0 aliphatic heterocycles. The van der Waals surface area contributed by atoms with Gasteiger partial charge in [-0.1, -0.05) is 31.2 Å². The molecule has 0 bridgehead atoms. The molecule has 2 aromatic rings. The maximum absolute atomic E-state index is 13.5. The van der Waals surface area contributed by atoms with Crippen molar-refractivity contribution in [2.75, 3.05) is 6.67 Å². The van der Waals surface area contributed by atoms with Crippen LogP contribution in [0.15, 0.2) is 48.5 Å². The highest BCUT2D eigenvalue weighted by molar-refractivity contribution is 5.34. The number of hydrogen-bond acceptors (Lipinski definition) is 2. The molecule has 2 N–H and O–H groups in total. The van der Waals surface area contributed by atoms with Crippen LogP contribution in [0.2, 0.25) is 0 Å². The molecule has 0 saturated heterocycles. The highest BCUT2D eigenvalue weighted by atomic mass is 18.2. The predicted molar refractivity (Wildman–Crippen MR) is 78.0 cm³/mol. The molecule has 0 amide bonds. The highest BCUT2D eigenvalue weighted by Crippen LogP contribution is 2.36. The molecular formula is C17H19FO2. The zero-order valence-electron chi connectivity index (χ0n) is 11.5. The van der Waals surface area contributed by atoms with Crippen molar-refractivity contribution in [3.63, 3.8) is 0 Å². The highest BCUT2D eigenvalue weighted by Gasteiger charge is 2.23. The number of aromatic hydroxyl groups is 2. The summed E-state index contributed by atoms with van der Waals surface area (Å²) < 4.78 is 13.5. The molecule has 0 aliphatic carbocycles. The Labute approximate surface area is 118 Å². The van der Waals surface area contributed by atoms with Gasteiger partial charge in [-0.2, -0.15) is 0 Å². The molecule has 3 heteroatoms. The van der Waals surface area contributed by atoms with E-state index in [4.69, 9.17) is 0 Å². The van der Waals surface area contributed by atoms with Crippen LogP contribution in [-0.2, 0) is 0 Å². The number of halogens is 1. The summed E-state index contributed by atoms with van der Waals surface area (Å²) in [6, 6.07) is 13.6. The number of phenols is 2. The topological polar surface area (TPSA) is 40.5 Å². The van der Waals surface area contributed by atoms with Gasteiger partial charge >= 0.3 is 0 Å². The van der Waals surface area contributed by atoms with Gasteiger partial charge in [-0.15, -0.1) is 0 Å². The molecule has 0 fully saturated rings. The third-order valence-corrected chi connectivity index (χ3v) is 3.73. The lowest BCUT2D eigenvalue weighted by atomic mass is 9.80. The molecular weight excluding hydrogens is 254 g/mol. The Morgan fingerprint density at radius 1 is 0.800 bits per heavy atom. The number of alkyl halides is 1. The Balaban J connectivity index is 2.32. The van der Waals surface area contributed by atoms with Gasteiger partial charge in [-0.3, -0.25) is 4.39 Å².